The predicted octanol–water partition coefficient (Wildman–Crippen LogP) is 5.29. The molecule has 0 amide bonds. The topological polar surface area (TPSA) is 12.0 Å². The van der Waals surface area contributed by atoms with Crippen LogP contribution in [0.1, 0.15) is 90.4 Å². The van der Waals surface area contributed by atoms with E-state index in [0.717, 1.165) is 29.8 Å². The first-order valence-electron chi connectivity index (χ1n) is 9.59. The Labute approximate surface area is 126 Å². The highest BCUT2D eigenvalue weighted by Gasteiger charge is 2.34. The summed E-state index contributed by atoms with van der Waals surface area (Å²) in [5, 5.41) is 4.14. The summed E-state index contributed by atoms with van der Waals surface area (Å²) in [6, 6.07) is 1.70. The predicted molar refractivity (Wildman–Crippen MR) is 86.9 cm³/mol. The maximum absolute atomic E-state index is 4.14. The van der Waals surface area contributed by atoms with Gasteiger partial charge in [0.05, 0.1) is 0 Å². The van der Waals surface area contributed by atoms with E-state index in [0.29, 0.717) is 0 Å². The smallest absolute Gasteiger partial charge is 0.0101 e. The molecule has 0 aliphatic heterocycles. The first-order chi connectivity index (χ1) is 9.83. The maximum atomic E-state index is 4.14. The minimum atomic E-state index is 0.841. The molecule has 0 spiro atoms. The maximum Gasteiger partial charge on any atom is 0.0101 e. The molecule has 116 valence electrons. The van der Waals surface area contributed by atoms with E-state index in [1.165, 1.54) is 83.5 Å². The fraction of sp³-hybridized carbons (Fsp3) is 1.00. The molecule has 0 aromatic carbocycles. The molecule has 3 aliphatic carbocycles. The molecule has 1 nitrogen and oxygen atoms in total. The minimum absolute atomic E-state index is 0.841. The average molecular weight is 277 g/mol. The molecule has 4 atom stereocenters. The summed E-state index contributed by atoms with van der Waals surface area (Å²) in [5.41, 5.74) is 0. The van der Waals surface area contributed by atoms with Gasteiger partial charge in [0.25, 0.3) is 0 Å². The van der Waals surface area contributed by atoms with Crippen molar-refractivity contribution in [1.82, 2.24) is 5.32 Å². The Morgan fingerprint density at radius 2 is 1.45 bits per heavy atom. The number of hydrogen-bond acceptors (Lipinski definition) is 1. The van der Waals surface area contributed by atoms with E-state index in [1.54, 1.807) is 0 Å². The SMILES string of the molecule is CC1CCCC(NC2CCCCC2C2CCCCC2)C1. The summed E-state index contributed by atoms with van der Waals surface area (Å²) in [5.74, 6) is 3.03. The van der Waals surface area contributed by atoms with Crippen molar-refractivity contribution in [2.45, 2.75) is 102 Å². The molecule has 20 heavy (non-hydrogen) atoms. The lowest BCUT2D eigenvalue weighted by atomic mass is 9.70. The van der Waals surface area contributed by atoms with Gasteiger partial charge in [-0.2, -0.15) is 0 Å². The summed E-state index contributed by atoms with van der Waals surface area (Å²) in [4.78, 5) is 0. The Hall–Kier alpha value is -0.0400. The Morgan fingerprint density at radius 3 is 2.25 bits per heavy atom. The minimum Gasteiger partial charge on any atom is -0.311 e. The first-order valence-corrected chi connectivity index (χ1v) is 9.59. The van der Waals surface area contributed by atoms with Crippen molar-refractivity contribution in [3.05, 3.63) is 0 Å². The average Bonchev–Trinajstić information content (AvgIpc) is 2.49. The number of hydrogen-bond donors (Lipinski definition) is 1. The highest BCUT2D eigenvalue weighted by atomic mass is 15.0. The van der Waals surface area contributed by atoms with Gasteiger partial charge in [-0.1, -0.05) is 64.7 Å². The highest BCUT2D eigenvalue weighted by molar-refractivity contribution is 4.90. The van der Waals surface area contributed by atoms with Crippen LogP contribution in [0.3, 0.4) is 0 Å². The Balaban J connectivity index is 1.56. The van der Waals surface area contributed by atoms with Gasteiger partial charge < -0.3 is 5.32 Å². The van der Waals surface area contributed by atoms with Crippen molar-refractivity contribution >= 4 is 0 Å². The quantitative estimate of drug-likeness (QED) is 0.738. The molecule has 0 aromatic heterocycles. The fourth-order valence-electron chi connectivity index (χ4n) is 5.38. The summed E-state index contributed by atoms with van der Waals surface area (Å²) >= 11 is 0. The van der Waals surface area contributed by atoms with Gasteiger partial charge in [0.1, 0.15) is 0 Å². The van der Waals surface area contributed by atoms with Crippen LogP contribution < -0.4 is 5.32 Å². The molecular formula is C19H35N. The van der Waals surface area contributed by atoms with Gasteiger partial charge in [0.15, 0.2) is 0 Å². The number of rotatable bonds is 3. The summed E-state index contributed by atoms with van der Waals surface area (Å²) in [7, 11) is 0. The van der Waals surface area contributed by atoms with Crippen LogP contribution in [0.5, 0.6) is 0 Å². The van der Waals surface area contributed by atoms with E-state index < -0.39 is 0 Å². The fourth-order valence-corrected chi connectivity index (χ4v) is 5.38. The van der Waals surface area contributed by atoms with E-state index in [9.17, 15) is 0 Å². The summed E-state index contributed by atoms with van der Waals surface area (Å²) < 4.78 is 0. The van der Waals surface area contributed by atoms with Gasteiger partial charge in [-0.05, 0) is 43.4 Å². The molecule has 0 saturated heterocycles. The van der Waals surface area contributed by atoms with E-state index in [4.69, 9.17) is 0 Å². The van der Waals surface area contributed by atoms with Crippen LogP contribution in [0.2, 0.25) is 0 Å². The van der Waals surface area contributed by atoms with Crippen molar-refractivity contribution in [3.63, 3.8) is 0 Å². The Kier molecular flexibility index (Phi) is 5.42. The van der Waals surface area contributed by atoms with Crippen LogP contribution in [0.15, 0.2) is 0 Å². The monoisotopic (exact) mass is 277 g/mol. The molecule has 3 aliphatic rings. The van der Waals surface area contributed by atoms with E-state index in [1.807, 2.05) is 0 Å². The van der Waals surface area contributed by atoms with Crippen LogP contribution in [0.4, 0.5) is 0 Å². The number of nitrogens with one attached hydrogen (secondary N) is 1. The molecule has 1 N–H and O–H groups in total. The summed E-state index contributed by atoms with van der Waals surface area (Å²) in [6.07, 6.45) is 19.3. The third-order valence-electron chi connectivity index (χ3n) is 6.46. The second-order valence-electron chi connectivity index (χ2n) is 8.09. The van der Waals surface area contributed by atoms with Crippen molar-refractivity contribution in [2.75, 3.05) is 0 Å². The molecule has 0 radical (unpaired) electrons. The normalized spacial score (nSPS) is 40.6. The molecule has 3 rings (SSSR count). The van der Waals surface area contributed by atoms with E-state index in [-0.39, 0.29) is 0 Å². The Bertz CT molecular complexity index is 281. The Morgan fingerprint density at radius 1 is 0.700 bits per heavy atom. The van der Waals surface area contributed by atoms with Gasteiger partial charge in [0.2, 0.25) is 0 Å². The van der Waals surface area contributed by atoms with Crippen molar-refractivity contribution < 1.29 is 0 Å². The van der Waals surface area contributed by atoms with Crippen molar-refractivity contribution in [2.24, 2.45) is 17.8 Å². The molecular weight excluding hydrogens is 242 g/mol. The lowest BCUT2D eigenvalue weighted by Crippen LogP contribution is -2.48. The van der Waals surface area contributed by atoms with Gasteiger partial charge in [-0.3, -0.25) is 0 Å². The van der Waals surface area contributed by atoms with Gasteiger partial charge in [0, 0.05) is 12.1 Å². The largest absolute Gasteiger partial charge is 0.311 e. The second kappa shape index (κ2) is 7.29. The lowest BCUT2D eigenvalue weighted by molar-refractivity contribution is 0.131. The zero-order chi connectivity index (χ0) is 13.8. The van der Waals surface area contributed by atoms with Crippen LogP contribution >= 0.6 is 0 Å². The molecule has 1 heteroatoms. The van der Waals surface area contributed by atoms with Gasteiger partial charge >= 0.3 is 0 Å². The lowest BCUT2D eigenvalue weighted by Gasteiger charge is -2.42. The van der Waals surface area contributed by atoms with E-state index in [2.05, 4.69) is 12.2 Å². The molecule has 3 fully saturated rings. The van der Waals surface area contributed by atoms with Gasteiger partial charge in [-0.15, -0.1) is 0 Å². The first kappa shape index (κ1) is 14.9. The third kappa shape index (κ3) is 3.78. The van der Waals surface area contributed by atoms with E-state index >= 15 is 0 Å². The van der Waals surface area contributed by atoms with Crippen LogP contribution in [0.25, 0.3) is 0 Å². The molecule has 4 unspecified atom stereocenters. The zero-order valence-corrected chi connectivity index (χ0v) is 13.6. The van der Waals surface area contributed by atoms with Gasteiger partial charge in [-0.25, -0.2) is 0 Å². The van der Waals surface area contributed by atoms with Crippen LogP contribution in [-0.2, 0) is 0 Å². The molecule has 0 heterocycles. The molecule has 0 aromatic rings. The van der Waals surface area contributed by atoms with Crippen LogP contribution in [0, 0.1) is 17.8 Å². The standard InChI is InChI=1S/C19H35N/c1-15-8-7-11-17(14-15)20-19-13-6-5-12-18(19)16-9-3-2-4-10-16/h15-20H,2-14H2,1H3. The molecule has 3 saturated carbocycles. The van der Waals surface area contributed by atoms with Crippen molar-refractivity contribution in [3.8, 4) is 0 Å². The second-order valence-corrected chi connectivity index (χ2v) is 8.09. The molecule has 0 bridgehead atoms. The van der Waals surface area contributed by atoms with Crippen LogP contribution in [-0.4, -0.2) is 12.1 Å². The summed E-state index contributed by atoms with van der Waals surface area (Å²) in [6.45, 7) is 2.45. The van der Waals surface area contributed by atoms with Crippen molar-refractivity contribution in [1.29, 1.82) is 0 Å². The third-order valence-corrected chi connectivity index (χ3v) is 6.46. The zero-order valence-electron chi connectivity index (χ0n) is 13.6. The highest BCUT2D eigenvalue weighted by Crippen LogP contribution is 2.39.